The van der Waals surface area contributed by atoms with Crippen LogP contribution < -0.4 is 5.32 Å². The zero-order valence-corrected chi connectivity index (χ0v) is 10.9. The third-order valence-corrected chi connectivity index (χ3v) is 3.86. The van der Waals surface area contributed by atoms with Crippen molar-refractivity contribution in [1.29, 1.82) is 0 Å². The van der Waals surface area contributed by atoms with Crippen LogP contribution in [-0.4, -0.2) is 46.2 Å². The molecule has 1 aliphatic rings. The number of hydrogen-bond donors (Lipinski definition) is 1. The Labute approximate surface area is 98.7 Å². The van der Waals surface area contributed by atoms with Crippen LogP contribution in [0.15, 0.2) is 0 Å². The summed E-state index contributed by atoms with van der Waals surface area (Å²) in [5.74, 6) is 0.231. The van der Waals surface area contributed by atoms with E-state index in [1.54, 1.807) is 0 Å². The van der Waals surface area contributed by atoms with Crippen LogP contribution in [0.3, 0.4) is 0 Å². The summed E-state index contributed by atoms with van der Waals surface area (Å²) < 4.78 is 27.1. The van der Waals surface area contributed by atoms with Gasteiger partial charge in [0.15, 0.2) is 0 Å². The van der Waals surface area contributed by atoms with Crippen LogP contribution in [-0.2, 0) is 14.6 Å². The number of hydrogen-bond acceptors (Lipinski definition) is 4. The summed E-state index contributed by atoms with van der Waals surface area (Å²) in [5, 5.41) is 3.46. The second-order valence-corrected chi connectivity index (χ2v) is 6.79. The summed E-state index contributed by atoms with van der Waals surface area (Å²) in [6.45, 7) is 2.42. The van der Waals surface area contributed by atoms with E-state index in [9.17, 15) is 8.42 Å². The average Bonchev–Trinajstić information content (AvgIpc) is 2.23. The first-order valence-electron chi connectivity index (χ1n) is 6.07. The Morgan fingerprint density at radius 2 is 2.12 bits per heavy atom. The monoisotopic (exact) mass is 249 g/mol. The Kier molecular flexibility index (Phi) is 6.31. The normalized spacial score (nSPS) is 22.2. The molecule has 0 aromatic carbocycles. The van der Waals surface area contributed by atoms with E-state index >= 15 is 0 Å². The minimum Gasteiger partial charge on any atom is -0.381 e. The fourth-order valence-corrected chi connectivity index (χ4v) is 2.56. The first-order valence-corrected chi connectivity index (χ1v) is 8.13. The Morgan fingerprint density at radius 3 is 2.75 bits per heavy atom. The van der Waals surface area contributed by atoms with Gasteiger partial charge in [-0.2, -0.15) is 0 Å². The van der Waals surface area contributed by atoms with Crippen molar-refractivity contribution in [3.63, 3.8) is 0 Å². The minimum atomic E-state index is -2.82. The maximum atomic E-state index is 10.8. The molecule has 1 heterocycles. The van der Waals surface area contributed by atoms with Gasteiger partial charge >= 0.3 is 0 Å². The molecule has 1 atom stereocenters. The Hall–Kier alpha value is -0.130. The Balaban J connectivity index is 1.91. The smallest absolute Gasteiger partial charge is 0.147 e. The average molecular weight is 249 g/mol. The molecule has 0 aromatic rings. The summed E-state index contributed by atoms with van der Waals surface area (Å²) in [5.41, 5.74) is 0. The maximum absolute atomic E-state index is 10.8. The zero-order valence-electron chi connectivity index (χ0n) is 10.1. The summed E-state index contributed by atoms with van der Waals surface area (Å²) in [4.78, 5) is 0. The molecule has 1 aliphatic heterocycles. The number of piperidine rings is 1. The molecular formula is C11H23NO3S. The van der Waals surface area contributed by atoms with Crippen LogP contribution >= 0.6 is 0 Å². The molecule has 5 heteroatoms. The molecule has 1 fully saturated rings. The van der Waals surface area contributed by atoms with Gasteiger partial charge in [0.25, 0.3) is 0 Å². The molecular weight excluding hydrogens is 226 g/mol. The maximum Gasteiger partial charge on any atom is 0.147 e. The van der Waals surface area contributed by atoms with Crippen LogP contribution in [0.2, 0.25) is 0 Å². The summed E-state index contributed by atoms with van der Waals surface area (Å²) in [7, 11) is -2.82. The summed E-state index contributed by atoms with van der Waals surface area (Å²) in [6.07, 6.45) is 6.75. The first kappa shape index (κ1) is 13.9. The molecule has 16 heavy (non-hydrogen) atoms. The van der Waals surface area contributed by atoms with Crippen LogP contribution in [0.5, 0.6) is 0 Å². The van der Waals surface area contributed by atoms with Gasteiger partial charge in [-0.05, 0) is 32.2 Å². The second-order valence-electron chi connectivity index (χ2n) is 4.53. The van der Waals surface area contributed by atoms with Gasteiger partial charge < -0.3 is 10.1 Å². The van der Waals surface area contributed by atoms with E-state index in [1.165, 1.54) is 25.5 Å². The molecule has 1 unspecified atom stereocenters. The molecule has 0 bridgehead atoms. The van der Waals surface area contributed by atoms with Gasteiger partial charge in [0.2, 0.25) is 0 Å². The Morgan fingerprint density at radius 1 is 1.31 bits per heavy atom. The molecule has 4 nitrogen and oxygen atoms in total. The zero-order chi connectivity index (χ0) is 11.9. The van der Waals surface area contributed by atoms with Gasteiger partial charge in [-0.25, -0.2) is 8.42 Å². The molecule has 0 aromatic heterocycles. The summed E-state index contributed by atoms with van der Waals surface area (Å²) in [6, 6.07) is 0.601. The van der Waals surface area contributed by atoms with E-state index < -0.39 is 9.84 Å². The minimum absolute atomic E-state index is 0.231. The molecule has 0 spiro atoms. The van der Waals surface area contributed by atoms with E-state index in [4.69, 9.17) is 4.74 Å². The molecule has 0 saturated carbocycles. The molecule has 0 amide bonds. The van der Waals surface area contributed by atoms with E-state index in [0.717, 1.165) is 19.6 Å². The van der Waals surface area contributed by atoms with E-state index in [-0.39, 0.29) is 5.75 Å². The molecule has 96 valence electrons. The number of rotatable bonds is 7. The molecule has 0 radical (unpaired) electrons. The lowest BCUT2D eigenvalue weighted by Crippen LogP contribution is -2.34. The first-order chi connectivity index (χ1) is 7.58. The fourth-order valence-electron chi connectivity index (χ4n) is 1.92. The van der Waals surface area contributed by atoms with Crippen molar-refractivity contribution >= 4 is 9.84 Å². The SMILES string of the molecule is CS(=O)(=O)CCCOCCC1CCCCN1. The van der Waals surface area contributed by atoms with Crippen molar-refractivity contribution in [2.75, 3.05) is 31.8 Å². The predicted octanol–water partition coefficient (Wildman–Crippen LogP) is 0.970. The van der Waals surface area contributed by atoms with Gasteiger partial charge in [-0.15, -0.1) is 0 Å². The predicted molar refractivity (Wildman–Crippen MR) is 65.4 cm³/mol. The molecule has 1 rings (SSSR count). The van der Waals surface area contributed by atoms with Crippen LogP contribution in [0.25, 0.3) is 0 Å². The standard InChI is InChI=1S/C11H23NO3S/c1-16(13,14)10-4-8-15-9-6-11-5-2-3-7-12-11/h11-12H,2-10H2,1H3. The highest BCUT2D eigenvalue weighted by Gasteiger charge is 2.11. The lowest BCUT2D eigenvalue weighted by molar-refractivity contribution is 0.122. The fraction of sp³-hybridized carbons (Fsp3) is 1.00. The van der Waals surface area contributed by atoms with Gasteiger partial charge in [-0.1, -0.05) is 6.42 Å². The van der Waals surface area contributed by atoms with Gasteiger partial charge in [0, 0.05) is 25.5 Å². The van der Waals surface area contributed by atoms with E-state index in [0.29, 0.717) is 19.1 Å². The van der Waals surface area contributed by atoms with Crippen molar-refractivity contribution in [3.05, 3.63) is 0 Å². The van der Waals surface area contributed by atoms with Gasteiger partial charge in [-0.3, -0.25) is 0 Å². The number of sulfone groups is 1. The van der Waals surface area contributed by atoms with E-state index in [1.807, 2.05) is 0 Å². The number of nitrogens with one attached hydrogen (secondary N) is 1. The highest BCUT2D eigenvalue weighted by Crippen LogP contribution is 2.09. The van der Waals surface area contributed by atoms with Crippen molar-refractivity contribution in [2.24, 2.45) is 0 Å². The third kappa shape index (κ3) is 7.19. The van der Waals surface area contributed by atoms with Crippen LogP contribution in [0.1, 0.15) is 32.1 Å². The van der Waals surface area contributed by atoms with Crippen LogP contribution in [0.4, 0.5) is 0 Å². The van der Waals surface area contributed by atoms with Crippen LogP contribution in [0, 0.1) is 0 Å². The Bertz CT molecular complexity index is 271. The highest BCUT2D eigenvalue weighted by atomic mass is 32.2. The van der Waals surface area contributed by atoms with Crippen molar-refractivity contribution < 1.29 is 13.2 Å². The second kappa shape index (κ2) is 7.25. The molecule has 1 saturated heterocycles. The topological polar surface area (TPSA) is 55.4 Å². The highest BCUT2D eigenvalue weighted by molar-refractivity contribution is 7.90. The molecule has 0 aliphatic carbocycles. The lowest BCUT2D eigenvalue weighted by Gasteiger charge is -2.23. The quantitative estimate of drug-likeness (QED) is 0.683. The van der Waals surface area contributed by atoms with Crippen molar-refractivity contribution in [3.8, 4) is 0 Å². The number of ether oxygens (including phenoxy) is 1. The molecule has 1 N–H and O–H groups in total. The lowest BCUT2D eigenvalue weighted by atomic mass is 10.0. The van der Waals surface area contributed by atoms with E-state index in [2.05, 4.69) is 5.32 Å². The van der Waals surface area contributed by atoms with Crippen molar-refractivity contribution in [2.45, 2.75) is 38.1 Å². The van der Waals surface area contributed by atoms with Crippen molar-refractivity contribution in [1.82, 2.24) is 5.32 Å². The van der Waals surface area contributed by atoms with Gasteiger partial charge in [0.1, 0.15) is 9.84 Å². The largest absolute Gasteiger partial charge is 0.381 e. The summed E-state index contributed by atoms with van der Waals surface area (Å²) >= 11 is 0. The third-order valence-electron chi connectivity index (χ3n) is 2.83. The van der Waals surface area contributed by atoms with Gasteiger partial charge in [0.05, 0.1) is 5.75 Å².